The van der Waals surface area contributed by atoms with Crippen molar-refractivity contribution in [3.8, 4) is 0 Å². The van der Waals surface area contributed by atoms with Gasteiger partial charge < -0.3 is 19.4 Å². The molecule has 140 valence electrons. The standard InChI is InChI=1S/C20H26N2O4/c1-4-14-7-6-8-15-16(13(3)23)9-22(20(14)15)10-19(24)21-17-11-25-12-18(17)26-5-2/h6-9,17-18H,4-5,10-12H2,1-3H3,(H,21,24)/t17-,18-/m1/s1. The maximum Gasteiger partial charge on any atom is 0.240 e. The van der Waals surface area contributed by atoms with E-state index in [0.717, 1.165) is 22.9 Å². The van der Waals surface area contributed by atoms with E-state index in [1.165, 1.54) is 0 Å². The highest BCUT2D eigenvalue weighted by Gasteiger charge is 2.30. The fraction of sp³-hybridized carbons (Fsp3) is 0.500. The minimum absolute atomic E-state index is 0.00279. The lowest BCUT2D eigenvalue weighted by Crippen LogP contribution is -2.45. The molecule has 1 saturated heterocycles. The third kappa shape index (κ3) is 3.66. The number of carbonyl (C=O) groups is 2. The Bertz CT molecular complexity index is 811. The highest BCUT2D eigenvalue weighted by atomic mass is 16.5. The molecule has 2 aromatic rings. The number of nitrogens with zero attached hydrogens (tertiary/aromatic N) is 1. The SMILES string of the molecule is CCO[C@@H]1COC[C@H]1NC(=O)Cn1cc(C(C)=O)c2cccc(CC)c21. The van der Waals surface area contributed by atoms with Gasteiger partial charge in [0.2, 0.25) is 5.91 Å². The van der Waals surface area contributed by atoms with Gasteiger partial charge in [0, 0.05) is 23.8 Å². The topological polar surface area (TPSA) is 69.6 Å². The van der Waals surface area contributed by atoms with E-state index in [1.807, 2.05) is 29.7 Å². The Morgan fingerprint density at radius 1 is 1.31 bits per heavy atom. The van der Waals surface area contributed by atoms with Crippen molar-refractivity contribution in [3.05, 3.63) is 35.5 Å². The van der Waals surface area contributed by atoms with Crippen LogP contribution >= 0.6 is 0 Å². The van der Waals surface area contributed by atoms with Crippen LogP contribution in [0.1, 0.15) is 36.7 Å². The molecule has 6 heteroatoms. The van der Waals surface area contributed by atoms with E-state index in [4.69, 9.17) is 9.47 Å². The summed E-state index contributed by atoms with van der Waals surface area (Å²) in [5.74, 6) is -0.105. The number of aromatic nitrogens is 1. The van der Waals surface area contributed by atoms with Crippen LogP contribution < -0.4 is 5.32 Å². The van der Waals surface area contributed by atoms with Crippen molar-refractivity contribution in [2.75, 3.05) is 19.8 Å². The van der Waals surface area contributed by atoms with Crippen molar-refractivity contribution in [2.45, 2.75) is 45.9 Å². The minimum atomic E-state index is -0.137. The van der Waals surface area contributed by atoms with Crippen LogP contribution in [-0.2, 0) is 27.2 Å². The van der Waals surface area contributed by atoms with Gasteiger partial charge in [0.05, 0.1) is 24.8 Å². The molecular weight excluding hydrogens is 332 g/mol. The second-order valence-corrected chi connectivity index (χ2v) is 6.60. The van der Waals surface area contributed by atoms with Crippen LogP contribution in [0.25, 0.3) is 10.9 Å². The summed E-state index contributed by atoms with van der Waals surface area (Å²) in [6, 6.07) is 5.80. The summed E-state index contributed by atoms with van der Waals surface area (Å²) < 4.78 is 12.9. The smallest absolute Gasteiger partial charge is 0.240 e. The molecule has 0 unspecified atom stereocenters. The summed E-state index contributed by atoms with van der Waals surface area (Å²) in [6.45, 7) is 7.27. The fourth-order valence-electron chi connectivity index (χ4n) is 3.58. The van der Waals surface area contributed by atoms with Crippen molar-refractivity contribution < 1.29 is 19.1 Å². The number of fused-ring (bicyclic) bond motifs is 1. The third-order valence-electron chi connectivity index (χ3n) is 4.81. The Morgan fingerprint density at radius 2 is 2.12 bits per heavy atom. The van der Waals surface area contributed by atoms with Crippen molar-refractivity contribution in [3.63, 3.8) is 0 Å². The van der Waals surface area contributed by atoms with E-state index in [0.29, 0.717) is 25.4 Å². The predicted octanol–water partition coefficient (Wildman–Crippen LogP) is 2.33. The number of nitrogens with one attached hydrogen (secondary N) is 1. The molecule has 0 bridgehead atoms. The van der Waals surface area contributed by atoms with Crippen LogP contribution in [0, 0.1) is 0 Å². The van der Waals surface area contributed by atoms with Crippen molar-refractivity contribution in [2.24, 2.45) is 0 Å². The third-order valence-corrected chi connectivity index (χ3v) is 4.81. The second kappa shape index (κ2) is 8.01. The van der Waals surface area contributed by atoms with Crippen molar-refractivity contribution in [1.29, 1.82) is 0 Å². The Morgan fingerprint density at radius 3 is 2.81 bits per heavy atom. The Kier molecular flexibility index (Phi) is 5.74. The number of amides is 1. The number of Topliss-reactive ketones (excluding diaryl/α,β-unsaturated/α-hetero) is 1. The van der Waals surface area contributed by atoms with Gasteiger partial charge in [-0.05, 0) is 25.8 Å². The quantitative estimate of drug-likeness (QED) is 0.771. The average Bonchev–Trinajstić information content (AvgIpc) is 3.20. The molecule has 1 aliphatic heterocycles. The first-order valence-electron chi connectivity index (χ1n) is 9.15. The summed E-state index contributed by atoms with van der Waals surface area (Å²) in [4.78, 5) is 24.6. The zero-order valence-electron chi connectivity index (χ0n) is 15.6. The molecule has 3 rings (SSSR count). The first-order chi connectivity index (χ1) is 12.5. The molecule has 1 aliphatic rings. The Balaban J connectivity index is 1.84. The fourth-order valence-corrected chi connectivity index (χ4v) is 3.58. The van der Waals surface area contributed by atoms with Crippen molar-refractivity contribution >= 4 is 22.6 Å². The number of aryl methyl sites for hydroxylation is 1. The van der Waals surface area contributed by atoms with E-state index in [1.54, 1.807) is 13.1 Å². The number of hydrogen-bond donors (Lipinski definition) is 1. The van der Waals surface area contributed by atoms with E-state index in [9.17, 15) is 9.59 Å². The number of benzene rings is 1. The van der Waals surface area contributed by atoms with Crippen LogP contribution in [0.15, 0.2) is 24.4 Å². The molecule has 6 nitrogen and oxygen atoms in total. The average molecular weight is 358 g/mol. The number of ketones is 1. The summed E-state index contributed by atoms with van der Waals surface area (Å²) in [5, 5.41) is 3.91. The maximum atomic E-state index is 12.6. The summed E-state index contributed by atoms with van der Waals surface area (Å²) >= 11 is 0. The van der Waals surface area contributed by atoms with Gasteiger partial charge in [-0.15, -0.1) is 0 Å². The molecule has 0 spiro atoms. The maximum absolute atomic E-state index is 12.6. The molecule has 0 saturated carbocycles. The highest BCUT2D eigenvalue weighted by Crippen LogP contribution is 2.26. The molecule has 2 heterocycles. The molecule has 26 heavy (non-hydrogen) atoms. The van der Waals surface area contributed by atoms with Gasteiger partial charge in [-0.2, -0.15) is 0 Å². The molecular formula is C20H26N2O4. The lowest BCUT2D eigenvalue weighted by Gasteiger charge is -2.19. The molecule has 2 atom stereocenters. The van der Waals surface area contributed by atoms with Gasteiger partial charge in [0.1, 0.15) is 12.6 Å². The van der Waals surface area contributed by atoms with E-state index < -0.39 is 0 Å². The Labute approximate surface area is 153 Å². The zero-order valence-corrected chi connectivity index (χ0v) is 15.6. The van der Waals surface area contributed by atoms with Crippen molar-refractivity contribution in [1.82, 2.24) is 9.88 Å². The molecule has 1 aromatic heterocycles. The molecule has 1 N–H and O–H groups in total. The highest BCUT2D eigenvalue weighted by molar-refractivity contribution is 6.07. The minimum Gasteiger partial charge on any atom is -0.376 e. The molecule has 0 aliphatic carbocycles. The normalized spacial score (nSPS) is 19.8. The van der Waals surface area contributed by atoms with Gasteiger partial charge in [-0.1, -0.05) is 25.1 Å². The lowest BCUT2D eigenvalue weighted by atomic mass is 10.1. The van der Waals surface area contributed by atoms with E-state index >= 15 is 0 Å². The van der Waals surface area contributed by atoms with Gasteiger partial charge in [0.15, 0.2) is 5.78 Å². The van der Waals surface area contributed by atoms with Gasteiger partial charge in [-0.3, -0.25) is 9.59 Å². The van der Waals surface area contributed by atoms with Crippen LogP contribution in [0.5, 0.6) is 0 Å². The molecule has 0 radical (unpaired) electrons. The second-order valence-electron chi connectivity index (χ2n) is 6.60. The number of hydrogen-bond acceptors (Lipinski definition) is 4. The number of para-hydroxylation sites is 1. The Hall–Kier alpha value is -2.18. The van der Waals surface area contributed by atoms with Crippen LogP contribution in [0.2, 0.25) is 0 Å². The number of carbonyl (C=O) groups excluding carboxylic acids is 2. The van der Waals surface area contributed by atoms with E-state index in [2.05, 4.69) is 12.2 Å². The van der Waals surface area contributed by atoms with Crippen LogP contribution in [0.3, 0.4) is 0 Å². The summed E-state index contributed by atoms with van der Waals surface area (Å²) in [5.41, 5.74) is 2.73. The van der Waals surface area contributed by atoms with Gasteiger partial charge in [-0.25, -0.2) is 0 Å². The van der Waals surface area contributed by atoms with Crippen LogP contribution in [-0.4, -0.2) is 48.2 Å². The zero-order chi connectivity index (χ0) is 18.7. The van der Waals surface area contributed by atoms with Gasteiger partial charge >= 0.3 is 0 Å². The predicted molar refractivity (Wildman–Crippen MR) is 99.5 cm³/mol. The number of rotatable bonds is 7. The summed E-state index contributed by atoms with van der Waals surface area (Å²) in [6.07, 6.45) is 2.52. The van der Waals surface area contributed by atoms with E-state index in [-0.39, 0.29) is 30.4 Å². The van der Waals surface area contributed by atoms with Gasteiger partial charge in [0.25, 0.3) is 0 Å². The monoisotopic (exact) mass is 358 g/mol. The molecule has 1 amide bonds. The first kappa shape index (κ1) is 18.6. The summed E-state index contributed by atoms with van der Waals surface area (Å²) in [7, 11) is 0. The number of ether oxygens (including phenoxy) is 2. The molecule has 1 fully saturated rings. The van der Waals surface area contributed by atoms with Crippen LogP contribution in [0.4, 0.5) is 0 Å². The lowest BCUT2D eigenvalue weighted by molar-refractivity contribution is -0.123. The first-order valence-corrected chi connectivity index (χ1v) is 9.15. The molecule has 1 aromatic carbocycles. The largest absolute Gasteiger partial charge is 0.376 e.